The third kappa shape index (κ3) is 7.65. The number of benzene rings is 8. The Morgan fingerprint density at radius 3 is 1.67 bits per heavy atom. The van der Waals surface area contributed by atoms with Crippen LogP contribution in [-0.4, -0.2) is 6.71 Å². The van der Waals surface area contributed by atoms with E-state index in [2.05, 4.69) is 264 Å². The highest BCUT2D eigenvalue weighted by Crippen LogP contribution is 2.55. The van der Waals surface area contributed by atoms with Gasteiger partial charge in [0.15, 0.2) is 0 Å². The van der Waals surface area contributed by atoms with E-state index < -0.39 is 0 Å². The number of hydrogen-bond acceptors (Lipinski definition) is 2. The van der Waals surface area contributed by atoms with Crippen molar-refractivity contribution in [3.63, 3.8) is 0 Å². The van der Waals surface area contributed by atoms with Crippen molar-refractivity contribution >= 4 is 57.2 Å². The van der Waals surface area contributed by atoms with Gasteiger partial charge in [-0.2, -0.15) is 0 Å². The number of rotatable bonds is 7. The quantitative estimate of drug-likeness (QED) is 0.147. The fourth-order valence-corrected chi connectivity index (χ4v) is 14.8. The lowest BCUT2D eigenvalue weighted by Crippen LogP contribution is -2.62. The van der Waals surface area contributed by atoms with Gasteiger partial charge in [-0.25, -0.2) is 0 Å². The largest absolute Gasteiger partial charge is 0.311 e. The molecule has 0 saturated carbocycles. The summed E-state index contributed by atoms with van der Waals surface area (Å²) >= 11 is 0. The van der Waals surface area contributed by atoms with Crippen LogP contribution in [0.2, 0.25) is 0 Å². The van der Waals surface area contributed by atoms with Crippen LogP contribution in [0.4, 0.5) is 34.1 Å². The van der Waals surface area contributed by atoms with Crippen LogP contribution in [0.3, 0.4) is 0 Å². The third-order valence-corrected chi connectivity index (χ3v) is 17.7. The fourth-order valence-electron chi connectivity index (χ4n) is 14.8. The second-order valence-corrected chi connectivity index (χ2v) is 26.1. The molecule has 0 aromatic heterocycles. The first-order valence-corrected chi connectivity index (χ1v) is 27.1. The predicted octanol–water partition coefficient (Wildman–Crippen LogP) is 16.6. The predicted molar refractivity (Wildman–Crippen MR) is 314 cm³/mol. The zero-order valence-corrected chi connectivity index (χ0v) is 45.8. The Bertz CT molecular complexity index is 3460. The van der Waals surface area contributed by atoms with E-state index in [1.54, 1.807) is 0 Å². The summed E-state index contributed by atoms with van der Waals surface area (Å²) in [5.41, 5.74) is 28.9. The first kappa shape index (κ1) is 47.4. The molecule has 2 heterocycles. The van der Waals surface area contributed by atoms with Crippen LogP contribution in [0.25, 0.3) is 11.1 Å². The minimum Gasteiger partial charge on any atom is -0.311 e. The van der Waals surface area contributed by atoms with E-state index in [9.17, 15) is 0 Å². The van der Waals surface area contributed by atoms with Crippen LogP contribution >= 0.6 is 0 Å². The highest BCUT2D eigenvalue weighted by molar-refractivity contribution is 6.99. The van der Waals surface area contributed by atoms with Crippen LogP contribution in [0.15, 0.2) is 164 Å². The number of hydrogen-bond donors (Lipinski definition) is 0. The van der Waals surface area contributed by atoms with Gasteiger partial charge in [0.2, 0.25) is 6.71 Å². The molecule has 0 bridgehead atoms. The number of para-hydroxylation sites is 2. The second-order valence-electron chi connectivity index (χ2n) is 26.1. The molecule has 0 saturated heterocycles. The lowest BCUT2D eigenvalue weighted by molar-refractivity contribution is 0.402. The first-order chi connectivity index (χ1) is 34.6. The molecule has 12 rings (SSSR count). The molecule has 0 N–H and O–H groups in total. The number of nitrogens with zero attached hydrogens (tertiary/aromatic N) is 2. The summed E-state index contributed by atoms with van der Waals surface area (Å²) in [4.78, 5) is 5.15. The summed E-state index contributed by atoms with van der Waals surface area (Å²) in [7, 11) is 0. The summed E-state index contributed by atoms with van der Waals surface area (Å²) in [6, 6.07) is 63.6. The maximum atomic E-state index is 2.72. The van der Waals surface area contributed by atoms with Crippen molar-refractivity contribution in [2.24, 2.45) is 0 Å². The van der Waals surface area contributed by atoms with Crippen LogP contribution in [0.5, 0.6) is 0 Å². The molecule has 2 aliphatic heterocycles. The van der Waals surface area contributed by atoms with Crippen molar-refractivity contribution < 1.29 is 0 Å². The summed E-state index contributed by atoms with van der Waals surface area (Å²) in [5, 5.41) is 0. The SMILES string of the molecule is Cc1cc2c3c(c1)N(c1cc4c(cc1C)C(C)(C)CC4(C)C)c1ccc(N(c4ccccc4)c4ccccc4)cc1B3c1cc3c(cc1C2Cc1ccc(C(C)(C)C)cc1-c1ccccc1)C(C)(C)CC3(C)C. The summed E-state index contributed by atoms with van der Waals surface area (Å²) in [5.74, 6) is 0.130. The van der Waals surface area contributed by atoms with E-state index in [-0.39, 0.29) is 39.7 Å². The molecule has 2 aliphatic carbocycles. The van der Waals surface area contributed by atoms with Crippen molar-refractivity contribution in [2.45, 2.75) is 142 Å². The minimum atomic E-state index is 0.0169. The van der Waals surface area contributed by atoms with Crippen molar-refractivity contribution in [1.29, 1.82) is 0 Å². The summed E-state index contributed by atoms with van der Waals surface area (Å²) < 4.78 is 0. The topological polar surface area (TPSA) is 6.48 Å². The van der Waals surface area contributed by atoms with E-state index in [4.69, 9.17) is 0 Å². The van der Waals surface area contributed by atoms with Crippen LogP contribution < -0.4 is 26.2 Å². The van der Waals surface area contributed by atoms with Crippen LogP contribution in [0, 0.1) is 13.8 Å². The van der Waals surface area contributed by atoms with Gasteiger partial charge in [-0.1, -0.05) is 191 Å². The molecule has 73 heavy (non-hydrogen) atoms. The molecular weight excluding hydrogens is 880 g/mol. The minimum absolute atomic E-state index is 0.0169. The molecule has 0 spiro atoms. The average Bonchev–Trinajstić information content (AvgIpc) is 3.65. The number of aryl methyl sites for hydroxylation is 2. The Balaban J connectivity index is 1.17. The first-order valence-electron chi connectivity index (χ1n) is 27.1. The zero-order chi connectivity index (χ0) is 51.1. The van der Waals surface area contributed by atoms with Crippen LogP contribution in [0.1, 0.15) is 151 Å². The second kappa shape index (κ2) is 16.5. The molecule has 0 fully saturated rings. The highest BCUT2D eigenvalue weighted by atomic mass is 15.2. The van der Waals surface area contributed by atoms with Crippen molar-refractivity contribution in [1.82, 2.24) is 0 Å². The van der Waals surface area contributed by atoms with Gasteiger partial charge in [-0.05, 0) is 192 Å². The van der Waals surface area contributed by atoms with Gasteiger partial charge in [0.05, 0.1) is 0 Å². The van der Waals surface area contributed by atoms with E-state index in [1.165, 1.54) is 106 Å². The normalized spacial score (nSPS) is 18.1. The van der Waals surface area contributed by atoms with E-state index >= 15 is 0 Å². The standard InChI is InChI=1S/C70H73BN2/c1-44-33-55-53(36-47-29-30-48(66(3,4)5)37-52(47)46-23-17-14-18-24-46)54-39-57-58(69(10,11)43-68(57,8)9)40-60(54)71-61-38-51(72(49-25-19-15-20-26-49)50-27-21-16-22-28-50)31-32-62(61)73(64(34-44)65(55)71)63-41-59-56(35-45(63)2)67(6,7)42-70(59,12)13/h14-35,37-41,53H,36,42-43H2,1-13H3. The molecule has 1 unspecified atom stereocenters. The van der Waals surface area contributed by atoms with Gasteiger partial charge in [-0.15, -0.1) is 0 Å². The van der Waals surface area contributed by atoms with Gasteiger partial charge >= 0.3 is 0 Å². The van der Waals surface area contributed by atoms with Crippen LogP contribution in [-0.2, 0) is 33.5 Å². The van der Waals surface area contributed by atoms with E-state index in [0.717, 1.165) is 30.6 Å². The van der Waals surface area contributed by atoms with Gasteiger partial charge in [0, 0.05) is 40.0 Å². The van der Waals surface area contributed by atoms with Gasteiger partial charge in [-0.3, -0.25) is 0 Å². The summed E-state index contributed by atoms with van der Waals surface area (Å²) in [6.45, 7) is 31.5. The zero-order valence-electron chi connectivity index (χ0n) is 45.8. The van der Waals surface area contributed by atoms with E-state index in [1.807, 2.05) is 0 Å². The Hall–Kier alpha value is -6.58. The average molecular weight is 953 g/mol. The molecule has 8 aromatic carbocycles. The molecule has 366 valence electrons. The van der Waals surface area contributed by atoms with E-state index in [0.29, 0.717) is 0 Å². The molecule has 4 aliphatic rings. The highest BCUT2D eigenvalue weighted by Gasteiger charge is 2.49. The molecular formula is C70H73BN2. The Morgan fingerprint density at radius 2 is 1.07 bits per heavy atom. The Kier molecular flexibility index (Phi) is 10.7. The Morgan fingerprint density at radius 1 is 0.507 bits per heavy atom. The van der Waals surface area contributed by atoms with Crippen molar-refractivity contribution in [2.75, 3.05) is 9.80 Å². The van der Waals surface area contributed by atoms with Crippen molar-refractivity contribution in [3.8, 4) is 11.1 Å². The third-order valence-electron chi connectivity index (χ3n) is 17.7. The number of fused-ring (bicyclic) bond motifs is 6. The molecule has 0 radical (unpaired) electrons. The van der Waals surface area contributed by atoms with Gasteiger partial charge in [0.25, 0.3) is 0 Å². The maximum Gasteiger partial charge on any atom is 0.247 e. The lowest BCUT2D eigenvalue weighted by Gasteiger charge is -2.44. The molecule has 3 heteroatoms. The molecule has 2 nitrogen and oxygen atoms in total. The van der Waals surface area contributed by atoms with Gasteiger partial charge < -0.3 is 9.80 Å². The Labute approximate surface area is 437 Å². The number of anilines is 6. The van der Waals surface area contributed by atoms with Crippen molar-refractivity contribution in [3.05, 3.63) is 219 Å². The lowest BCUT2D eigenvalue weighted by atomic mass is 9.30. The molecule has 1 atom stereocenters. The summed E-state index contributed by atoms with van der Waals surface area (Å²) in [6.07, 6.45) is 3.16. The molecule has 8 aromatic rings. The monoisotopic (exact) mass is 953 g/mol. The smallest absolute Gasteiger partial charge is 0.247 e. The van der Waals surface area contributed by atoms with Gasteiger partial charge in [0.1, 0.15) is 0 Å². The maximum absolute atomic E-state index is 2.72. The molecule has 0 amide bonds. The fraction of sp³-hybridized carbons (Fsp3) is 0.314.